The molecule has 1 aliphatic rings. The predicted octanol–water partition coefficient (Wildman–Crippen LogP) is 4.79. The molecule has 0 spiro atoms. The molecule has 4 rings (SSSR count). The summed E-state index contributed by atoms with van der Waals surface area (Å²) in [6.07, 6.45) is -1.16. The Hall–Kier alpha value is -3.58. The predicted molar refractivity (Wildman–Crippen MR) is 137 cm³/mol. The van der Waals surface area contributed by atoms with E-state index in [0.29, 0.717) is 37.1 Å². The van der Waals surface area contributed by atoms with Crippen LogP contribution in [0, 0.1) is 12.7 Å². The molecule has 214 valence electrons. The number of carbonyl (C=O) groups is 1. The van der Waals surface area contributed by atoms with E-state index in [1.165, 1.54) is 30.6 Å². The first-order valence-corrected chi connectivity index (χ1v) is 14.2. The Balaban J connectivity index is 1.29. The Morgan fingerprint density at radius 1 is 1.05 bits per heavy atom. The summed E-state index contributed by atoms with van der Waals surface area (Å²) < 4.78 is 87.5. The second-order valence-corrected chi connectivity index (χ2v) is 11.6. The van der Waals surface area contributed by atoms with Gasteiger partial charge in [-0.2, -0.15) is 13.2 Å². The Morgan fingerprint density at radius 3 is 2.30 bits per heavy atom. The summed E-state index contributed by atoms with van der Waals surface area (Å²) in [7, 11) is -3.57. The summed E-state index contributed by atoms with van der Waals surface area (Å²) in [4.78, 5) is 22.5. The molecule has 0 atom stereocenters. The number of sulfone groups is 1. The molecule has 0 amide bonds. The molecular weight excluding hydrogens is 554 g/mol. The highest BCUT2D eigenvalue weighted by atomic mass is 32.2. The molecule has 3 aromatic rings. The fourth-order valence-corrected chi connectivity index (χ4v) is 4.86. The number of Topliss-reactive ketones (excluding diaryl/α,β-unsaturated/α-hetero) is 1. The van der Waals surface area contributed by atoms with Gasteiger partial charge in [-0.15, -0.1) is 0 Å². The van der Waals surface area contributed by atoms with Crippen molar-refractivity contribution in [2.24, 2.45) is 0 Å². The number of rotatable bonds is 9. The maximum absolute atomic E-state index is 14.4. The van der Waals surface area contributed by atoms with Crippen LogP contribution in [-0.4, -0.2) is 61.1 Å². The van der Waals surface area contributed by atoms with Crippen molar-refractivity contribution in [1.29, 1.82) is 0 Å². The van der Waals surface area contributed by atoms with E-state index in [-0.39, 0.29) is 47.3 Å². The van der Waals surface area contributed by atoms with Gasteiger partial charge < -0.3 is 9.47 Å². The normalized spacial score (nSPS) is 15.2. The van der Waals surface area contributed by atoms with Gasteiger partial charge in [-0.25, -0.2) is 22.8 Å². The van der Waals surface area contributed by atoms with Crippen molar-refractivity contribution in [2.75, 3.05) is 25.9 Å². The van der Waals surface area contributed by atoms with Gasteiger partial charge in [0.25, 0.3) is 0 Å². The first-order valence-electron chi connectivity index (χ1n) is 12.4. The van der Waals surface area contributed by atoms with Gasteiger partial charge in [0.15, 0.2) is 27.2 Å². The SMILES string of the molecule is Cc1c(Oc2ccc(S(C)(=O)=O)cc2F)ncnc1OC1CCN(CC(=O)Cc2ccc(C(F)(F)F)cc2)CC1. The smallest absolute Gasteiger partial charge is 0.416 e. The largest absolute Gasteiger partial charge is 0.474 e. The molecule has 1 saturated heterocycles. The van der Waals surface area contributed by atoms with Crippen LogP contribution in [-0.2, 0) is 27.2 Å². The lowest BCUT2D eigenvalue weighted by atomic mass is 10.0. The molecule has 2 heterocycles. The molecule has 0 N–H and O–H groups in total. The number of likely N-dealkylation sites (tertiary alicyclic amines) is 1. The number of hydrogen-bond donors (Lipinski definition) is 0. The molecule has 1 fully saturated rings. The zero-order valence-corrected chi connectivity index (χ0v) is 22.6. The second kappa shape index (κ2) is 11.9. The fraction of sp³-hybridized carbons (Fsp3) is 0.370. The molecule has 40 heavy (non-hydrogen) atoms. The van der Waals surface area contributed by atoms with Crippen molar-refractivity contribution in [1.82, 2.24) is 14.9 Å². The molecule has 1 aliphatic heterocycles. The Labute approximate surface area is 228 Å². The Bertz CT molecular complexity index is 1470. The fourth-order valence-electron chi connectivity index (χ4n) is 4.23. The van der Waals surface area contributed by atoms with E-state index in [4.69, 9.17) is 9.47 Å². The average Bonchev–Trinajstić information content (AvgIpc) is 2.88. The number of carbonyl (C=O) groups excluding carboxylic acids is 1. The maximum atomic E-state index is 14.4. The van der Waals surface area contributed by atoms with Gasteiger partial charge >= 0.3 is 6.18 Å². The molecule has 0 saturated carbocycles. The summed E-state index contributed by atoms with van der Waals surface area (Å²) >= 11 is 0. The molecule has 1 aromatic heterocycles. The summed E-state index contributed by atoms with van der Waals surface area (Å²) in [5.41, 5.74) is 0.210. The zero-order valence-electron chi connectivity index (χ0n) is 21.7. The quantitative estimate of drug-likeness (QED) is 0.333. The lowest BCUT2D eigenvalue weighted by Gasteiger charge is -2.31. The lowest BCUT2D eigenvalue weighted by molar-refractivity contribution is -0.137. The van der Waals surface area contributed by atoms with E-state index in [9.17, 15) is 30.8 Å². The number of halogens is 4. The van der Waals surface area contributed by atoms with Gasteiger partial charge in [0, 0.05) is 25.8 Å². The van der Waals surface area contributed by atoms with Crippen LogP contribution in [0.25, 0.3) is 0 Å². The van der Waals surface area contributed by atoms with Crippen LogP contribution in [0.15, 0.2) is 53.7 Å². The van der Waals surface area contributed by atoms with Crippen molar-refractivity contribution in [3.05, 3.63) is 71.3 Å². The van der Waals surface area contributed by atoms with E-state index < -0.39 is 27.4 Å². The van der Waals surface area contributed by atoms with Crippen molar-refractivity contribution >= 4 is 15.6 Å². The second-order valence-electron chi connectivity index (χ2n) is 9.58. The molecular formula is C27H27F4N3O5S. The van der Waals surface area contributed by atoms with Crippen LogP contribution in [0.2, 0.25) is 0 Å². The molecule has 2 aromatic carbocycles. The van der Waals surface area contributed by atoms with Crippen molar-refractivity contribution in [2.45, 2.75) is 43.4 Å². The third-order valence-electron chi connectivity index (χ3n) is 6.43. The van der Waals surface area contributed by atoms with Crippen molar-refractivity contribution in [3.63, 3.8) is 0 Å². The Kier molecular flexibility index (Phi) is 8.74. The number of hydrogen-bond acceptors (Lipinski definition) is 8. The van der Waals surface area contributed by atoms with Crippen LogP contribution >= 0.6 is 0 Å². The van der Waals surface area contributed by atoms with E-state index in [1.54, 1.807) is 6.92 Å². The summed E-state index contributed by atoms with van der Waals surface area (Å²) in [5.74, 6) is -0.834. The molecule has 0 bridgehead atoms. The molecule has 0 unspecified atom stereocenters. The highest BCUT2D eigenvalue weighted by Gasteiger charge is 2.30. The summed E-state index contributed by atoms with van der Waals surface area (Å²) in [6, 6.07) is 7.92. The van der Waals surface area contributed by atoms with E-state index in [2.05, 4.69) is 9.97 Å². The topological polar surface area (TPSA) is 98.7 Å². The third-order valence-corrected chi connectivity index (χ3v) is 7.54. The van der Waals surface area contributed by atoms with Gasteiger partial charge in [0.1, 0.15) is 12.4 Å². The zero-order chi connectivity index (χ0) is 29.1. The highest BCUT2D eigenvalue weighted by molar-refractivity contribution is 7.90. The number of nitrogens with zero attached hydrogens (tertiary/aromatic N) is 3. The van der Waals surface area contributed by atoms with Gasteiger partial charge in [-0.3, -0.25) is 9.69 Å². The number of ketones is 1. The maximum Gasteiger partial charge on any atom is 0.416 e. The number of benzene rings is 2. The van der Waals surface area contributed by atoms with E-state index in [0.717, 1.165) is 24.5 Å². The molecule has 0 radical (unpaired) electrons. The van der Waals surface area contributed by atoms with Gasteiger partial charge in [-0.05, 0) is 55.7 Å². The summed E-state index contributed by atoms with van der Waals surface area (Å²) in [5, 5.41) is 0. The number of piperidine rings is 1. The van der Waals surface area contributed by atoms with Gasteiger partial charge in [0.2, 0.25) is 11.8 Å². The number of alkyl halides is 3. The van der Waals surface area contributed by atoms with Crippen LogP contribution in [0.1, 0.15) is 29.5 Å². The van der Waals surface area contributed by atoms with E-state index >= 15 is 0 Å². The minimum absolute atomic E-state index is 0.0506. The van der Waals surface area contributed by atoms with Crippen LogP contribution in [0.3, 0.4) is 0 Å². The molecule has 8 nitrogen and oxygen atoms in total. The van der Waals surface area contributed by atoms with Gasteiger partial charge in [-0.1, -0.05) is 12.1 Å². The minimum atomic E-state index is -4.42. The highest BCUT2D eigenvalue weighted by Crippen LogP contribution is 2.32. The minimum Gasteiger partial charge on any atom is -0.474 e. The monoisotopic (exact) mass is 581 g/mol. The van der Waals surface area contributed by atoms with Crippen LogP contribution in [0.4, 0.5) is 17.6 Å². The average molecular weight is 582 g/mol. The molecule has 0 aliphatic carbocycles. The first kappa shape index (κ1) is 29.4. The number of ether oxygens (including phenoxy) is 2. The van der Waals surface area contributed by atoms with Crippen LogP contribution in [0.5, 0.6) is 17.5 Å². The van der Waals surface area contributed by atoms with E-state index in [1.807, 2.05) is 4.90 Å². The van der Waals surface area contributed by atoms with Crippen LogP contribution < -0.4 is 9.47 Å². The third kappa shape index (κ3) is 7.54. The Morgan fingerprint density at radius 2 is 1.70 bits per heavy atom. The lowest BCUT2D eigenvalue weighted by Crippen LogP contribution is -2.41. The van der Waals surface area contributed by atoms with Gasteiger partial charge in [0.05, 0.1) is 22.6 Å². The first-order chi connectivity index (χ1) is 18.8. The summed E-state index contributed by atoms with van der Waals surface area (Å²) in [6.45, 7) is 2.99. The number of aromatic nitrogens is 2. The molecule has 13 heteroatoms. The van der Waals surface area contributed by atoms with Crippen molar-refractivity contribution < 1.29 is 40.2 Å². The van der Waals surface area contributed by atoms with Crippen molar-refractivity contribution in [3.8, 4) is 17.5 Å². The standard InChI is InChI=1S/C27H27F4N3O5S/c1-17-25(32-16-33-26(17)39-24-8-7-22(14-23(24)28)40(2,36)37)38-21-9-11-34(12-10-21)15-20(35)13-18-3-5-19(6-4-18)27(29,30)31/h3-8,14,16,21H,9-13,15H2,1-2H3.